The van der Waals surface area contributed by atoms with Gasteiger partial charge in [0.15, 0.2) is 0 Å². The van der Waals surface area contributed by atoms with Gasteiger partial charge in [-0.2, -0.15) is 0 Å². The van der Waals surface area contributed by atoms with Crippen LogP contribution in [0.4, 0.5) is 16.2 Å². The number of hydrogen-bond donors (Lipinski definition) is 3. The number of aromatic hydroxyl groups is 1. The number of nitrogens with one attached hydrogen (secondary N) is 2. The van der Waals surface area contributed by atoms with E-state index in [2.05, 4.69) is 33.7 Å². The van der Waals surface area contributed by atoms with Crippen molar-refractivity contribution in [2.75, 3.05) is 30.3 Å². The van der Waals surface area contributed by atoms with Crippen LogP contribution in [-0.4, -0.2) is 35.7 Å². The first-order valence-electron chi connectivity index (χ1n) is 14.6. The molecule has 0 spiro atoms. The first-order valence-corrected chi connectivity index (χ1v) is 14.6. The van der Waals surface area contributed by atoms with Crippen LogP contribution in [0.5, 0.6) is 17.2 Å². The summed E-state index contributed by atoms with van der Waals surface area (Å²) in [5.41, 5.74) is 5.52. The molecule has 3 N–H and O–H groups in total. The Morgan fingerprint density at radius 1 is 0.780 bits per heavy atom. The van der Waals surface area contributed by atoms with Crippen molar-refractivity contribution in [2.45, 2.75) is 38.0 Å². The first-order chi connectivity index (χ1) is 20.1. The lowest BCUT2D eigenvalue weighted by atomic mass is 9.82. The van der Waals surface area contributed by atoms with Crippen LogP contribution >= 0.6 is 0 Å². The Labute approximate surface area is 242 Å². The second kappa shape index (κ2) is 12.5. The molecule has 1 unspecified atom stereocenters. The molecule has 1 aliphatic heterocycles. The molecule has 4 aromatic carbocycles. The monoisotopic (exact) mass is 547 g/mol. The summed E-state index contributed by atoms with van der Waals surface area (Å²) in [6.07, 6.45) is 5.60. The van der Waals surface area contributed by atoms with Gasteiger partial charge in [0.1, 0.15) is 17.2 Å². The molecule has 0 radical (unpaired) electrons. The number of para-hydroxylation sites is 1. The number of carbonyl (C=O) groups is 1. The van der Waals surface area contributed by atoms with Crippen molar-refractivity contribution in [3.63, 3.8) is 0 Å². The molecular formula is C35H37N3O3. The number of benzene rings is 4. The number of urea groups is 1. The number of rotatable bonds is 7. The molecule has 1 heterocycles. The predicted octanol–water partition coefficient (Wildman–Crippen LogP) is 7.81. The molecule has 1 aliphatic carbocycles. The second-order valence-electron chi connectivity index (χ2n) is 11.3. The number of nitrogens with zero attached hydrogens (tertiary/aromatic N) is 1. The molecule has 6 rings (SSSR count). The summed E-state index contributed by atoms with van der Waals surface area (Å²) in [5.74, 6) is 3.06. The fraction of sp³-hybridized carbons (Fsp3) is 0.286. The van der Waals surface area contributed by atoms with E-state index in [0.29, 0.717) is 29.0 Å². The molecule has 1 saturated heterocycles. The van der Waals surface area contributed by atoms with Crippen LogP contribution in [0.15, 0.2) is 97.1 Å². The Morgan fingerprint density at radius 3 is 2.29 bits per heavy atom. The largest absolute Gasteiger partial charge is 0.508 e. The van der Waals surface area contributed by atoms with Crippen LogP contribution in [0.25, 0.3) is 0 Å². The number of amides is 2. The third-order valence-electron chi connectivity index (χ3n) is 8.33. The maximum atomic E-state index is 12.7. The summed E-state index contributed by atoms with van der Waals surface area (Å²) >= 11 is 0. The zero-order chi connectivity index (χ0) is 28.0. The van der Waals surface area contributed by atoms with Crippen LogP contribution in [0, 0.1) is 5.92 Å². The van der Waals surface area contributed by atoms with E-state index < -0.39 is 0 Å². The normalized spacial score (nSPS) is 17.4. The minimum atomic E-state index is -0.260. The van der Waals surface area contributed by atoms with Gasteiger partial charge in [-0.05, 0) is 134 Å². The second-order valence-corrected chi connectivity index (χ2v) is 11.3. The third-order valence-corrected chi connectivity index (χ3v) is 8.33. The van der Waals surface area contributed by atoms with Gasteiger partial charge in [0.2, 0.25) is 0 Å². The number of piperidine rings is 1. The Hall–Kier alpha value is -4.29. The van der Waals surface area contributed by atoms with Crippen LogP contribution in [-0.2, 0) is 12.8 Å². The lowest BCUT2D eigenvalue weighted by Crippen LogP contribution is -2.38. The molecule has 210 valence electrons. The highest BCUT2D eigenvalue weighted by molar-refractivity contribution is 5.99. The molecule has 0 saturated carbocycles. The minimum Gasteiger partial charge on any atom is -0.508 e. The number of ether oxygens (including phenoxy) is 1. The molecule has 0 bridgehead atoms. The number of hydrogen-bond acceptors (Lipinski definition) is 4. The average Bonchev–Trinajstić information content (AvgIpc) is 2.99. The maximum absolute atomic E-state index is 12.7. The zero-order valence-electron chi connectivity index (χ0n) is 23.3. The highest BCUT2D eigenvalue weighted by Crippen LogP contribution is 2.33. The van der Waals surface area contributed by atoms with E-state index in [-0.39, 0.29) is 6.03 Å². The van der Waals surface area contributed by atoms with Gasteiger partial charge in [-0.15, -0.1) is 0 Å². The van der Waals surface area contributed by atoms with Crippen LogP contribution < -0.4 is 15.4 Å². The van der Waals surface area contributed by atoms with Gasteiger partial charge in [0.05, 0.1) is 0 Å². The zero-order valence-corrected chi connectivity index (χ0v) is 23.3. The number of fused-ring (bicyclic) bond motifs is 1. The van der Waals surface area contributed by atoms with E-state index in [1.54, 1.807) is 6.07 Å². The van der Waals surface area contributed by atoms with Crippen LogP contribution in [0.1, 0.15) is 41.9 Å². The van der Waals surface area contributed by atoms with Crippen LogP contribution in [0.3, 0.4) is 0 Å². The summed E-state index contributed by atoms with van der Waals surface area (Å²) in [6.45, 7) is 3.37. The van der Waals surface area contributed by atoms with Crippen molar-refractivity contribution in [1.29, 1.82) is 0 Å². The Kier molecular flexibility index (Phi) is 8.19. The Bertz CT molecular complexity index is 1460. The molecule has 41 heavy (non-hydrogen) atoms. The van der Waals surface area contributed by atoms with Gasteiger partial charge in [0.25, 0.3) is 0 Å². The lowest BCUT2D eigenvalue weighted by molar-refractivity contribution is 0.175. The van der Waals surface area contributed by atoms with E-state index in [4.69, 9.17) is 4.74 Å². The summed E-state index contributed by atoms with van der Waals surface area (Å²) in [5, 5.41) is 15.7. The highest BCUT2D eigenvalue weighted by Gasteiger charge is 2.25. The van der Waals surface area contributed by atoms with Crippen molar-refractivity contribution in [3.05, 3.63) is 114 Å². The SMILES string of the molecule is O=C(Nc1ccc(Oc2ccccc2)cc1)Nc1ccc2c(c1)CCC(CN1CCC(c3cccc(O)c3)CC1)C2. The topological polar surface area (TPSA) is 73.8 Å². The summed E-state index contributed by atoms with van der Waals surface area (Å²) in [6, 6.07) is 30.8. The first kappa shape index (κ1) is 26.9. The van der Waals surface area contributed by atoms with Crippen molar-refractivity contribution >= 4 is 17.4 Å². The minimum absolute atomic E-state index is 0.260. The van der Waals surface area contributed by atoms with E-state index in [0.717, 1.165) is 56.8 Å². The highest BCUT2D eigenvalue weighted by atomic mass is 16.5. The van der Waals surface area contributed by atoms with Gasteiger partial charge in [-0.3, -0.25) is 0 Å². The number of aryl methyl sites for hydroxylation is 1. The van der Waals surface area contributed by atoms with Gasteiger partial charge in [0, 0.05) is 17.9 Å². The summed E-state index contributed by atoms with van der Waals surface area (Å²) in [7, 11) is 0. The summed E-state index contributed by atoms with van der Waals surface area (Å²) in [4.78, 5) is 15.3. The fourth-order valence-corrected chi connectivity index (χ4v) is 6.18. The number of likely N-dealkylation sites (tertiary alicyclic amines) is 1. The molecule has 0 aromatic heterocycles. The fourth-order valence-electron chi connectivity index (χ4n) is 6.18. The predicted molar refractivity (Wildman–Crippen MR) is 164 cm³/mol. The quantitative estimate of drug-likeness (QED) is 0.221. The standard InChI is InChI=1S/C35H37N3O3/c39-32-6-4-5-27(23-32)26-17-19-38(20-18-26)24-25-9-10-29-22-31(12-11-28(29)21-25)37-35(40)36-30-13-15-34(16-14-30)41-33-7-2-1-3-8-33/h1-8,11-16,22-23,25-26,39H,9-10,17-21,24H2,(H2,36,37,40). The van der Waals surface area contributed by atoms with Gasteiger partial charge >= 0.3 is 6.03 Å². The molecular weight excluding hydrogens is 510 g/mol. The summed E-state index contributed by atoms with van der Waals surface area (Å²) < 4.78 is 5.82. The van der Waals surface area contributed by atoms with E-state index in [1.165, 1.54) is 23.1 Å². The molecule has 1 fully saturated rings. The van der Waals surface area contributed by atoms with Gasteiger partial charge in [-0.1, -0.05) is 36.4 Å². The molecule has 4 aromatic rings. The number of carbonyl (C=O) groups excluding carboxylic acids is 1. The van der Waals surface area contributed by atoms with Gasteiger partial charge < -0.3 is 25.4 Å². The molecule has 2 aliphatic rings. The van der Waals surface area contributed by atoms with E-state index in [9.17, 15) is 9.90 Å². The van der Waals surface area contributed by atoms with Crippen molar-refractivity contribution < 1.29 is 14.6 Å². The van der Waals surface area contributed by atoms with Crippen molar-refractivity contribution in [3.8, 4) is 17.2 Å². The van der Waals surface area contributed by atoms with Gasteiger partial charge in [-0.25, -0.2) is 4.79 Å². The molecule has 6 nitrogen and oxygen atoms in total. The third kappa shape index (κ3) is 7.08. The van der Waals surface area contributed by atoms with E-state index >= 15 is 0 Å². The smallest absolute Gasteiger partial charge is 0.323 e. The lowest BCUT2D eigenvalue weighted by Gasteiger charge is -2.36. The molecule has 2 amide bonds. The average molecular weight is 548 g/mol. The van der Waals surface area contributed by atoms with Crippen LogP contribution in [0.2, 0.25) is 0 Å². The number of phenols is 1. The van der Waals surface area contributed by atoms with Crippen molar-refractivity contribution in [1.82, 2.24) is 4.90 Å². The Balaban J connectivity index is 0.967. The maximum Gasteiger partial charge on any atom is 0.323 e. The molecule has 1 atom stereocenters. The van der Waals surface area contributed by atoms with Crippen molar-refractivity contribution in [2.24, 2.45) is 5.92 Å². The van der Waals surface area contributed by atoms with E-state index in [1.807, 2.05) is 72.8 Å². The molecule has 6 heteroatoms. The number of phenolic OH excluding ortho intramolecular Hbond substituents is 1. The Morgan fingerprint density at radius 2 is 1.51 bits per heavy atom. The number of anilines is 2.